The van der Waals surface area contributed by atoms with Crippen molar-refractivity contribution in [2.24, 2.45) is 0 Å². The Morgan fingerprint density at radius 1 is 1.47 bits per heavy atom. The van der Waals surface area contributed by atoms with Gasteiger partial charge in [-0.15, -0.1) is 0 Å². The van der Waals surface area contributed by atoms with Gasteiger partial charge < -0.3 is 4.90 Å². The molecule has 0 radical (unpaired) electrons. The van der Waals surface area contributed by atoms with Gasteiger partial charge in [-0.1, -0.05) is 6.92 Å². The molecule has 1 saturated carbocycles. The van der Waals surface area contributed by atoms with E-state index < -0.39 is 0 Å². The van der Waals surface area contributed by atoms with Crippen LogP contribution < -0.4 is 4.90 Å². The highest BCUT2D eigenvalue weighted by molar-refractivity contribution is 5.43. The number of nitrogens with zero attached hydrogens (tertiary/aromatic N) is 4. The first-order valence-electron chi connectivity index (χ1n) is 6.22. The molecule has 90 valence electrons. The highest BCUT2D eigenvalue weighted by Crippen LogP contribution is 2.31. The molecule has 0 saturated heterocycles. The van der Waals surface area contributed by atoms with Crippen LogP contribution in [-0.4, -0.2) is 22.6 Å². The maximum Gasteiger partial charge on any atom is 0.132 e. The van der Waals surface area contributed by atoms with E-state index in [2.05, 4.69) is 33.9 Å². The quantitative estimate of drug-likeness (QED) is 0.778. The van der Waals surface area contributed by atoms with E-state index >= 15 is 0 Å². The zero-order valence-corrected chi connectivity index (χ0v) is 10.5. The zero-order chi connectivity index (χ0) is 12.3. The van der Waals surface area contributed by atoms with Crippen molar-refractivity contribution in [3.63, 3.8) is 0 Å². The van der Waals surface area contributed by atoms with Crippen molar-refractivity contribution in [3.05, 3.63) is 17.6 Å². The van der Waals surface area contributed by atoms with Crippen molar-refractivity contribution in [1.82, 2.24) is 9.97 Å². The second-order valence-corrected chi connectivity index (χ2v) is 4.45. The first-order valence-corrected chi connectivity index (χ1v) is 6.22. The molecule has 1 aromatic heterocycles. The second-order valence-electron chi connectivity index (χ2n) is 4.45. The lowest BCUT2D eigenvalue weighted by atomic mass is 10.3. The Balaban J connectivity index is 2.22. The lowest BCUT2D eigenvalue weighted by molar-refractivity contribution is 0.766. The average Bonchev–Trinajstić information content (AvgIpc) is 3.13. The molecule has 0 aliphatic heterocycles. The minimum atomic E-state index is 0.557. The molecule has 1 aromatic rings. The summed E-state index contributed by atoms with van der Waals surface area (Å²) in [4.78, 5) is 11.2. The number of rotatable bonds is 5. The molecule has 1 fully saturated rings. The van der Waals surface area contributed by atoms with Gasteiger partial charge in [-0.3, -0.25) is 0 Å². The van der Waals surface area contributed by atoms with E-state index in [0.29, 0.717) is 12.5 Å². The van der Waals surface area contributed by atoms with E-state index in [0.717, 1.165) is 30.3 Å². The number of hydrogen-bond donors (Lipinski definition) is 0. The maximum atomic E-state index is 8.71. The Kier molecular flexibility index (Phi) is 3.58. The fraction of sp³-hybridized carbons (Fsp3) is 0.615. The Hall–Kier alpha value is -1.63. The van der Waals surface area contributed by atoms with Crippen LogP contribution in [0.25, 0.3) is 0 Å². The molecule has 1 aliphatic rings. The minimum absolute atomic E-state index is 0.557. The normalized spacial score (nSPS) is 14.4. The summed E-state index contributed by atoms with van der Waals surface area (Å²) in [6.07, 6.45) is 3.92. The highest BCUT2D eigenvalue weighted by Gasteiger charge is 2.29. The Morgan fingerprint density at radius 3 is 2.82 bits per heavy atom. The van der Waals surface area contributed by atoms with Gasteiger partial charge in [-0.05, 0) is 26.2 Å². The molecule has 17 heavy (non-hydrogen) atoms. The van der Waals surface area contributed by atoms with Gasteiger partial charge in [0.25, 0.3) is 0 Å². The number of aryl methyl sites for hydroxylation is 2. The van der Waals surface area contributed by atoms with E-state index in [-0.39, 0.29) is 0 Å². The molecule has 1 aliphatic carbocycles. The second kappa shape index (κ2) is 5.13. The average molecular weight is 230 g/mol. The van der Waals surface area contributed by atoms with Crippen LogP contribution in [0.15, 0.2) is 6.07 Å². The summed E-state index contributed by atoms with van der Waals surface area (Å²) in [7, 11) is 0. The molecule has 0 N–H and O–H groups in total. The van der Waals surface area contributed by atoms with Gasteiger partial charge in [-0.25, -0.2) is 9.97 Å². The van der Waals surface area contributed by atoms with Gasteiger partial charge in [-0.2, -0.15) is 5.26 Å². The molecule has 0 unspecified atom stereocenters. The van der Waals surface area contributed by atoms with Crippen LogP contribution in [-0.2, 0) is 6.42 Å². The Morgan fingerprint density at radius 2 is 2.24 bits per heavy atom. The summed E-state index contributed by atoms with van der Waals surface area (Å²) < 4.78 is 0. The van der Waals surface area contributed by atoms with Crippen LogP contribution in [0.4, 0.5) is 5.82 Å². The summed E-state index contributed by atoms with van der Waals surface area (Å²) in [6.45, 7) is 4.81. The van der Waals surface area contributed by atoms with Gasteiger partial charge in [0, 0.05) is 24.3 Å². The van der Waals surface area contributed by atoms with Crippen LogP contribution in [0.1, 0.15) is 37.7 Å². The molecular formula is C13H18N4. The fourth-order valence-corrected chi connectivity index (χ4v) is 1.98. The zero-order valence-electron chi connectivity index (χ0n) is 10.5. The Bertz CT molecular complexity index is 432. The lowest BCUT2D eigenvalue weighted by Crippen LogP contribution is -2.28. The van der Waals surface area contributed by atoms with Crippen LogP contribution in [0.5, 0.6) is 0 Å². The smallest absolute Gasteiger partial charge is 0.132 e. The first-order chi connectivity index (χ1) is 8.24. The van der Waals surface area contributed by atoms with Crippen LogP contribution >= 0.6 is 0 Å². The summed E-state index contributed by atoms with van der Waals surface area (Å²) in [6, 6.07) is 4.85. The van der Waals surface area contributed by atoms with Crippen molar-refractivity contribution < 1.29 is 0 Å². The van der Waals surface area contributed by atoms with E-state index in [4.69, 9.17) is 5.26 Å². The molecule has 0 aromatic carbocycles. The third-order valence-electron chi connectivity index (χ3n) is 2.99. The van der Waals surface area contributed by atoms with Gasteiger partial charge in [0.15, 0.2) is 0 Å². The lowest BCUT2D eigenvalue weighted by Gasteiger charge is -2.22. The molecule has 0 atom stereocenters. The predicted molar refractivity (Wildman–Crippen MR) is 66.7 cm³/mol. The van der Waals surface area contributed by atoms with Crippen molar-refractivity contribution >= 4 is 5.82 Å². The molecule has 2 rings (SSSR count). The third-order valence-corrected chi connectivity index (χ3v) is 2.99. The highest BCUT2D eigenvalue weighted by atomic mass is 15.2. The predicted octanol–water partition coefficient (Wildman–Crippen LogP) is 2.23. The van der Waals surface area contributed by atoms with Crippen LogP contribution in [0.2, 0.25) is 0 Å². The number of anilines is 1. The van der Waals surface area contributed by atoms with E-state index in [1.54, 1.807) is 0 Å². The summed E-state index contributed by atoms with van der Waals surface area (Å²) in [5, 5.41) is 8.71. The molecule has 0 spiro atoms. The first kappa shape index (κ1) is 11.8. The van der Waals surface area contributed by atoms with Gasteiger partial charge in [0.1, 0.15) is 11.6 Å². The summed E-state index contributed by atoms with van der Waals surface area (Å²) in [5.41, 5.74) is 1.08. The number of aromatic nitrogens is 2. The van der Waals surface area contributed by atoms with Crippen molar-refractivity contribution in [1.29, 1.82) is 5.26 Å². The standard InChI is InChI=1S/C13H18N4/c1-3-11-9-13(16-10(2)15-11)17(8-4-7-14)12-5-6-12/h9,12H,3-6,8H2,1-2H3. The van der Waals surface area contributed by atoms with Gasteiger partial charge >= 0.3 is 0 Å². The van der Waals surface area contributed by atoms with Crippen LogP contribution in [0, 0.1) is 18.3 Å². The minimum Gasteiger partial charge on any atom is -0.352 e. The Labute approximate surface area is 102 Å². The van der Waals surface area contributed by atoms with Gasteiger partial charge in [0.05, 0.1) is 12.5 Å². The molecule has 0 bridgehead atoms. The molecular weight excluding hydrogens is 212 g/mol. The largest absolute Gasteiger partial charge is 0.352 e. The number of nitriles is 1. The maximum absolute atomic E-state index is 8.71. The molecule has 0 amide bonds. The van der Waals surface area contributed by atoms with E-state index in [1.165, 1.54) is 12.8 Å². The summed E-state index contributed by atoms with van der Waals surface area (Å²) in [5.74, 6) is 1.81. The monoisotopic (exact) mass is 230 g/mol. The van der Waals surface area contributed by atoms with Crippen molar-refractivity contribution in [2.45, 2.75) is 45.6 Å². The summed E-state index contributed by atoms with van der Waals surface area (Å²) >= 11 is 0. The van der Waals surface area contributed by atoms with Gasteiger partial charge in [0.2, 0.25) is 0 Å². The van der Waals surface area contributed by atoms with Crippen molar-refractivity contribution in [3.8, 4) is 6.07 Å². The third kappa shape index (κ3) is 2.94. The molecule has 1 heterocycles. The van der Waals surface area contributed by atoms with Crippen LogP contribution in [0.3, 0.4) is 0 Å². The van der Waals surface area contributed by atoms with Crippen molar-refractivity contribution in [2.75, 3.05) is 11.4 Å². The van der Waals surface area contributed by atoms with E-state index in [9.17, 15) is 0 Å². The fourth-order valence-electron chi connectivity index (χ4n) is 1.98. The van der Waals surface area contributed by atoms with E-state index in [1.807, 2.05) is 6.92 Å². The number of hydrogen-bond acceptors (Lipinski definition) is 4. The SMILES string of the molecule is CCc1cc(N(CCC#N)C2CC2)nc(C)n1. The molecule has 4 heteroatoms. The topological polar surface area (TPSA) is 52.8 Å². The molecule has 4 nitrogen and oxygen atoms in total.